The number of nitrogens with one attached hydrogen (secondary N) is 2. The van der Waals surface area contributed by atoms with E-state index in [4.69, 9.17) is 0 Å². The minimum Gasteiger partial charge on any atom is -0.267 e. The highest BCUT2D eigenvalue weighted by molar-refractivity contribution is 6.02. The Morgan fingerprint density at radius 2 is 0.867 bits per heavy atom. The fourth-order valence-corrected chi connectivity index (χ4v) is 2.66. The van der Waals surface area contributed by atoms with Crippen molar-refractivity contribution in [3.05, 3.63) is 107 Å². The Morgan fingerprint density at radius 3 is 1.20 bits per heavy atom. The van der Waals surface area contributed by atoms with Crippen LogP contribution in [0, 0.1) is 0 Å². The van der Waals surface area contributed by atoms with Crippen molar-refractivity contribution in [2.24, 2.45) is 10.2 Å². The van der Waals surface area contributed by atoms with E-state index in [2.05, 4.69) is 21.1 Å². The first kappa shape index (κ1) is 20.7. The molecule has 0 aliphatic rings. The van der Waals surface area contributed by atoms with Gasteiger partial charge in [0, 0.05) is 11.1 Å². The summed E-state index contributed by atoms with van der Waals surface area (Å²) < 4.78 is 0. The molecule has 3 aromatic carbocycles. The van der Waals surface area contributed by atoms with Gasteiger partial charge in [0.2, 0.25) is 0 Å². The minimum absolute atomic E-state index is 0.352. The average Bonchev–Trinajstić information content (AvgIpc) is 2.81. The van der Waals surface area contributed by atoms with Crippen molar-refractivity contribution in [3.63, 3.8) is 0 Å². The first-order chi connectivity index (χ1) is 14.5. The summed E-state index contributed by atoms with van der Waals surface area (Å²) >= 11 is 0. The fraction of sp³-hybridized carbons (Fsp3) is 0.0833. The number of rotatable bonds is 6. The van der Waals surface area contributed by atoms with Crippen LogP contribution >= 0.6 is 0 Å². The normalized spacial score (nSPS) is 11.7. The lowest BCUT2D eigenvalue weighted by atomic mass is 10.1. The van der Waals surface area contributed by atoms with Crippen molar-refractivity contribution in [1.82, 2.24) is 10.9 Å². The number of hydrazone groups is 2. The van der Waals surface area contributed by atoms with Crippen molar-refractivity contribution >= 4 is 23.2 Å². The van der Waals surface area contributed by atoms with Gasteiger partial charge < -0.3 is 0 Å². The van der Waals surface area contributed by atoms with Crippen molar-refractivity contribution in [2.75, 3.05) is 0 Å². The molecule has 0 aromatic heterocycles. The summed E-state index contributed by atoms with van der Waals surface area (Å²) in [7, 11) is 0. The zero-order chi connectivity index (χ0) is 21.3. The van der Waals surface area contributed by atoms with E-state index in [0.717, 1.165) is 11.1 Å². The second-order valence-electron chi connectivity index (χ2n) is 6.59. The number of nitrogens with zero attached hydrogens (tertiary/aromatic N) is 2. The molecule has 0 radical (unpaired) electrons. The molecular formula is C24H22N4O2. The van der Waals surface area contributed by atoms with Gasteiger partial charge in [-0.2, -0.15) is 10.2 Å². The maximum absolute atomic E-state index is 12.3. The molecule has 0 heterocycles. The van der Waals surface area contributed by atoms with Gasteiger partial charge in [-0.15, -0.1) is 0 Å². The Bertz CT molecular complexity index is 985. The average molecular weight is 398 g/mol. The number of hydrogen-bond acceptors (Lipinski definition) is 4. The van der Waals surface area contributed by atoms with Crippen molar-refractivity contribution in [3.8, 4) is 0 Å². The summed E-state index contributed by atoms with van der Waals surface area (Å²) in [5.41, 5.74) is 9.12. The van der Waals surface area contributed by atoms with E-state index in [0.29, 0.717) is 22.6 Å². The highest BCUT2D eigenvalue weighted by Gasteiger charge is 2.09. The smallest absolute Gasteiger partial charge is 0.267 e. The van der Waals surface area contributed by atoms with Gasteiger partial charge >= 0.3 is 0 Å². The van der Waals surface area contributed by atoms with Gasteiger partial charge in [0.15, 0.2) is 0 Å². The predicted molar refractivity (Wildman–Crippen MR) is 119 cm³/mol. The molecule has 0 saturated carbocycles. The van der Waals surface area contributed by atoms with Crippen LogP contribution in [0.3, 0.4) is 0 Å². The van der Waals surface area contributed by atoms with Gasteiger partial charge in [0.1, 0.15) is 0 Å². The van der Waals surface area contributed by atoms with Crippen LogP contribution in [0.25, 0.3) is 0 Å². The molecule has 0 aliphatic heterocycles. The third-order valence-corrected chi connectivity index (χ3v) is 4.44. The van der Waals surface area contributed by atoms with Crippen LogP contribution in [-0.4, -0.2) is 23.2 Å². The van der Waals surface area contributed by atoms with Crippen LogP contribution < -0.4 is 10.9 Å². The summed E-state index contributed by atoms with van der Waals surface area (Å²) in [4.78, 5) is 24.6. The Hall–Kier alpha value is -4.06. The molecule has 3 aromatic rings. The summed E-state index contributed by atoms with van der Waals surface area (Å²) in [5, 5.41) is 8.25. The van der Waals surface area contributed by atoms with Gasteiger partial charge in [-0.25, -0.2) is 10.9 Å². The van der Waals surface area contributed by atoms with Gasteiger partial charge in [0.25, 0.3) is 11.8 Å². The molecule has 0 bridgehead atoms. The fourth-order valence-electron chi connectivity index (χ4n) is 2.66. The van der Waals surface area contributed by atoms with E-state index in [1.807, 2.05) is 74.5 Å². The molecule has 6 heteroatoms. The number of benzene rings is 3. The van der Waals surface area contributed by atoms with Crippen LogP contribution in [0.1, 0.15) is 45.7 Å². The Labute approximate surface area is 175 Å². The van der Waals surface area contributed by atoms with Crippen molar-refractivity contribution in [1.29, 1.82) is 0 Å². The highest BCUT2D eigenvalue weighted by Crippen LogP contribution is 2.06. The zero-order valence-electron chi connectivity index (χ0n) is 16.8. The van der Waals surface area contributed by atoms with E-state index >= 15 is 0 Å². The Kier molecular flexibility index (Phi) is 6.84. The van der Waals surface area contributed by atoms with Gasteiger partial charge in [0.05, 0.1) is 11.4 Å². The van der Waals surface area contributed by atoms with Gasteiger partial charge in [-0.3, -0.25) is 9.59 Å². The molecule has 0 fully saturated rings. The quantitative estimate of drug-likeness (QED) is 0.486. The largest absolute Gasteiger partial charge is 0.271 e. The van der Waals surface area contributed by atoms with Crippen LogP contribution in [0.15, 0.2) is 95.1 Å². The summed E-state index contributed by atoms with van der Waals surface area (Å²) in [6.07, 6.45) is 0. The topological polar surface area (TPSA) is 82.9 Å². The Morgan fingerprint density at radius 1 is 0.533 bits per heavy atom. The molecule has 0 spiro atoms. The molecule has 150 valence electrons. The molecule has 2 N–H and O–H groups in total. The monoisotopic (exact) mass is 398 g/mol. The first-order valence-corrected chi connectivity index (χ1v) is 9.45. The van der Waals surface area contributed by atoms with Gasteiger partial charge in [-0.05, 0) is 49.2 Å². The number of amides is 2. The molecule has 0 saturated heterocycles. The van der Waals surface area contributed by atoms with Crippen LogP contribution in [0.5, 0.6) is 0 Å². The van der Waals surface area contributed by atoms with Crippen molar-refractivity contribution < 1.29 is 9.59 Å². The lowest BCUT2D eigenvalue weighted by Gasteiger charge is -2.05. The van der Waals surface area contributed by atoms with E-state index < -0.39 is 0 Å². The standard InChI is InChI=1S/C24H22N4O2/c1-17(19-9-5-3-6-10-19)25-27-23(29)21-13-15-22(16-14-21)24(30)28-26-18(2)20-11-7-4-8-12-20/h3-16H,1-2H3,(H,27,29)(H,28,30). The summed E-state index contributed by atoms with van der Waals surface area (Å²) in [6.45, 7) is 3.64. The molecule has 0 atom stereocenters. The van der Waals surface area contributed by atoms with E-state index in [1.165, 1.54) is 0 Å². The zero-order valence-corrected chi connectivity index (χ0v) is 16.8. The number of hydrogen-bond donors (Lipinski definition) is 2. The molecule has 30 heavy (non-hydrogen) atoms. The third-order valence-electron chi connectivity index (χ3n) is 4.44. The van der Waals surface area contributed by atoms with Crippen LogP contribution in [-0.2, 0) is 0 Å². The minimum atomic E-state index is -0.352. The second kappa shape index (κ2) is 9.93. The highest BCUT2D eigenvalue weighted by atomic mass is 16.2. The van der Waals surface area contributed by atoms with Crippen LogP contribution in [0.2, 0.25) is 0 Å². The lowest BCUT2D eigenvalue weighted by Crippen LogP contribution is -2.21. The van der Waals surface area contributed by atoms with E-state index in [-0.39, 0.29) is 11.8 Å². The SMILES string of the molecule is CC(=NNC(=O)c1ccc(C(=O)NN=C(C)c2ccccc2)cc1)c1ccccc1. The lowest BCUT2D eigenvalue weighted by molar-refractivity contribution is 0.0943. The van der Waals surface area contributed by atoms with Crippen molar-refractivity contribution in [2.45, 2.75) is 13.8 Å². The number of carbonyl (C=O) groups is 2. The van der Waals surface area contributed by atoms with E-state index in [9.17, 15) is 9.59 Å². The molecule has 0 unspecified atom stereocenters. The molecular weight excluding hydrogens is 376 g/mol. The van der Waals surface area contributed by atoms with Crippen LogP contribution in [0.4, 0.5) is 0 Å². The van der Waals surface area contributed by atoms with Gasteiger partial charge in [-0.1, -0.05) is 60.7 Å². The maximum Gasteiger partial charge on any atom is 0.271 e. The molecule has 2 amide bonds. The first-order valence-electron chi connectivity index (χ1n) is 9.45. The second-order valence-corrected chi connectivity index (χ2v) is 6.59. The maximum atomic E-state index is 12.3. The Balaban J connectivity index is 1.60. The summed E-state index contributed by atoms with van der Waals surface area (Å²) in [5.74, 6) is -0.703. The predicted octanol–water partition coefficient (Wildman–Crippen LogP) is 3.99. The third kappa shape index (κ3) is 5.48. The molecule has 0 aliphatic carbocycles. The summed E-state index contributed by atoms with van der Waals surface area (Å²) in [6, 6.07) is 25.4. The molecule has 6 nitrogen and oxygen atoms in total. The number of carbonyl (C=O) groups excluding carboxylic acids is 2. The van der Waals surface area contributed by atoms with E-state index in [1.54, 1.807) is 24.3 Å². The molecule has 3 rings (SSSR count).